The van der Waals surface area contributed by atoms with Crippen LogP contribution in [0.1, 0.15) is 0 Å². The molecule has 0 unspecified atom stereocenters. The molecule has 0 atom stereocenters. The number of hydrogen-bond acceptors (Lipinski definition) is 4. The van der Waals surface area contributed by atoms with Gasteiger partial charge in [0.2, 0.25) is 0 Å². The highest BCUT2D eigenvalue weighted by Gasteiger charge is 2.22. The van der Waals surface area contributed by atoms with Gasteiger partial charge in [0.25, 0.3) is 0 Å². The number of nitrogens with zero attached hydrogens (tertiary/aromatic N) is 4. The number of benzene rings is 3. The fourth-order valence-electron chi connectivity index (χ4n) is 3.88. The maximum absolute atomic E-state index is 14.2. The van der Waals surface area contributed by atoms with Crippen molar-refractivity contribution in [3.8, 4) is 11.4 Å². The van der Waals surface area contributed by atoms with Gasteiger partial charge in [-0.15, -0.1) is 0 Å². The van der Waals surface area contributed by atoms with Gasteiger partial charge in [-0.3, -0.25) is 0 Å². The largest absolute Gasteiger partial charge is 0.366 e. The summed E-state index contributed by atoms with van der Waals surface area (Å²) in [4.78, 5) is 14.1. The van der Waals surface area contributed by atoms with Crippen molar-refractivity contribution < 1.29 is 4.39 Å². The second-order valence-corrected chi connectivity index (χ2v) is 7.18. The van der Waals surface area contributed by atoms with Crippen LogP contribution < -0.4 is 9.80 Å². The molecule has 2 heterocycles. The van der Waals surface area contributed by atoms with Crippen LogP contribution in [0.3, 0.4) is 0 Å². The van der Waals surface area contributed by atoms with Crippen molar-refractivity contribution in [2.45, 2.75) is 0 Å². The highest BCUT2D eigenvalue weighted by atomic mass is 19.1. The standard InChI is InChI=1S/C24H21FN4/c25-20-11-5-7-13-22(20)28-14-16-29(17-15-28)24-19-10-4-6-12-21(19)26-23(27-24)18-8-2-1-3-9-18/h1-13H,14-17H2. The number of aromatic nitrogens is 2. The van der Waals surface area contributed by atoms with E-state index in [4.69, 9.17) is 9.97 Å². The van der Waals surface area contributed by atoms with Crippen molar-refractivity contribution >= 4 is 22.4 Å². The fraction of sp³-hybridized carbons (Fsp3) is 0.167. The third-order valence-corrected chi connectivity index (χ3v) is 5.39. The molecule has 0 N–H and O–H groups in total. The van der Waals surface area contributed by atoms with Crippen LogP contribution in [0.25, 0.3) is 22.3 Å². The number of rotatable bonds is 3. The quantitative estimate of drug-likeness (QED) is 0.510. The van der Waals surface area contributed by atoms with E-state index in [1.165, 1.54) is 6.07 Å². The molecule has 1 aliphatic rings. The highest BCUT2D eigenvalue weighted by Crippen LogP contribution is 2.29. The van der Waals surface area contributed by atoms with Crippen LogP contribution >= 0.6 is 0 Å². The van der Waals surface area contributed by atoms with Crippen LogP contribution in [-0.4, -0.2) is 36.1 Å². The molecular weight excluding hydrogens is 363 g/mol. The molecular formula is C24H21FN4. The molecule has 0 aliphatic carbocycles. The summed E-state index contributed by atoms with van der Waals surface area (Å²) < 4.78 is 14.2. The van der Waals surface area contributed by atoms with Gasteiger partial charge in [0.05, 0.1) is 11.2 Å². The van der Waals surface area contributed by atoms with E-state index in [1.54, 1.807) is 6.07 Å². The Morgan fingerprint density at radius 3 is 2.10 bits per heavy atom. The van der Waals surface area contributed by atoms with E-state index in [1.807, 2.05) is 60.7 Å². The van der Waals surface area contributed by atoms with Crippen LogP contribution in [-0.2, 0) is 0 Å². The Hall–Kier alpha value is -3.47. The van der Waals surface area contributed by atoms with Gasteiger partial charge in [-0.05, 0) is 24.3 Å². The predicted molar refractivity (Wildman–Crippen MR) is 116 cm³/mol. The minimum Gasteiger partial charge on any atom is -0.366 e. The van der Waals surface area contributed by atoms with E-state index >= 15 is 0 Å². The summed E-state index contributed by atoms with van der Waals surface area (Å²) in [5.74, 6) is 1.51. The summed E-state index contributed by atoms with van der Waals surface area (Å²) in [7, 11) is 0. The molecule has 5 heteroatoms. The molecule has 1 fully saturated rings. The fourth-order valence-corrected chi connectivity index (χ4v) is 3.88. The summed E-state index contributed by atoms with van der Waals surface area (Å²) >= 11 is 0. The lowest BCUT2D eigenvalue weighted by Gasteiger charge is -2.37. The topological polar surface area (TPSA) is 32.3 Å². The lowest BCUT2D eigenvalue weighted by Crippen LogP contribution is -2.47. The van der Waals surface area contributed by atoms with Gasteiger partial charge in [0.1, 0.15) is 11.6 Å². The lowest BCUT2D eigenvalue weighted by atomic mass is 10.1. The summed E-state index contributed by atoms with van der Waals surface area (Å²) in [5.41, 5.74) is 2.61. The minimum absolute atomic E-state index is 0.167. The number of hydrogen-bond donors (Lipinski definition) is 0. The Balaban J connectivity index is 1.48. The lowest BCUT2D eigenvalue weighted by molar-refractivity contribution is 0.597. The molecule has 1 saturated heterocycles. The van der Waals surface area contributed by atoms with Crippen molar-refractivity contribution in [3.63, 3.8) is 0 Å². The first kappa shape index (κ1) is 17.6. The molecule has 3 aromatic carbocycles. The van der Waals surface area contributed by atoms with Gasteiger partial charge in [-0.2, -0.15) is 0 Å². The zero-order valence-electron chi connectivity index (χ0n) is 16.0. The monoisotopic (exact) mass is 384 g/mol. The SMILES string of the molecule is Fc1ccccc1N1CCN(c2nc(-c3ccccc3)nc3ccccc23)CC1. The second-order valence-electron chi connectivity index (χ2n) is 7.18. The van der Waals surface area contributed by atoms with Crippen LogP contribution in [0.5, 0.6) is 0 Å². The van der Waals surface area contributed by atoms with Crippen molar-refractivity contribution in [3.05, 3.63) is 84.7 Å². The zero-order chi connectivity index (χ0) is 19.6. The van der Waals surface area contributed by atoms with E-state index in [9.17, 15) is 4.39 Å². The van der Waals surface area contributed by atoms with Crippen LogP contribution in [0, 0.1) is 5.82 Å². The van der Waals surface area contributed by atoms with Crippen LogP contribution in [0.15, 0.2) is 78.9 Å². The Kier molecular flexibility index (Phi) is 4.56. The summed E-state index contributed by atoms with van der Waals surface area (Å²) in [5, 5.41) is 1.05. The van der Waals surface area contributed by atoms with E-state index in [0.717, 1.165) is 54.3 Å². The Bertz CT molecular complexity index is 1140. The van der Waals surface area contributed by atoms with Gasteiger partial charge < -0.3 is 9.80 Å². The zero-order valence-corrected chi connectivity index (χ0v) is 16.0. The number of para-hydroxylation sites is 2. The summed E-state index contributed by atoms with van der Waals surface area (Å²) in [6, 6.07) is 25.2. The molecule has 0 saturated carbocycles. The summed E-state index contributed by atoms with van der Waals surface area (Å²) in [6.07, 6.45) is 0. The Labute approximate surface area is 169 Å². The van der Waals surface area contributed by atoms with Crippen molar-refractivity contribution in [2.75, 3.05) is 36.0 Å². The average molecular weight is 384 g/mol. The van der Waals surface area contributed by atoms with Crippen LogP contribution in [0.2, 0.25) is 0 Å². The van der Waals surface area contributed by atoms with Gasteiger partial charge in [0, 0.05) is 37.1 Å². The molecule has 0 spiro atoms. The molecule has 4 aromatic rings. The Morgan fingerprint density at radius 2 is 1.31 bits per heavy atom. The third kappa shape index (κ3) is 3.40. The van der Waals surface area contributed by atoms with Gasteiger partial charge in [-0.25, -0.2) is 14.4 Å². The predicted octanol–water partition coefficient (Wildman–Crippen LogP) is 4.76. The number of halogens is 1. The smallest absolute Gasteiger partial charge is 0.162 e. The first-order chi connectivity index (χ1) is 14.3. The van der Waals surface area contributed by atoms with Crippen molar-refractivity contribution in [2.24, 2.45) is 0 Å². The minimum atomic E-state index is -0.167. The second kappa shape index (κ2) is 7.51. The van der Waals surface area contributed by atoms with E-state index < -0.39 is 0 Å². The molecule has 0 bridgehead atoms. The number of fused-ring (bicyclic) bond motifs is 1. The Morgan fingerprint density at radius 1 is 0.655 bits per heavy atom. The van der Waals surface area contributed by atoms with E-state index in [2.05, 4.69) is 15.9 Å². The van der Waals surface area contributed by atoms with Gasteiger partial charge >= 0.3 is 0 Å². The number of piperazine rings is 1. The maximum atomic E-state index is 14.2. The molecule has 0 amide bonds. The van der Waals surface area contributed by atoms with Gasteiger partial charge in [0.15, 0.2) is 5.82 Å². The number of anilines is 2. The van der Waals surface area contributed by atoms with Crippen molar-refractivity contribution in [1.82, 2.24) is 9.97 Å². The maximum Gasteiger partial charge on any atom is 0.162 e. The molecule has 4 nitrogen and oxygen atoms in total. The van der Waals surface area contributed by atoms with Crippen LogP contribution in [0.4, 0.5) is 15.9 Å². The molecule has 1 aliphatic heterocycles. The molecule has 0 radical (unpaired) electrons. The normalized spacial score (nSPS) is 14.4. The molecule has 29 heavy (non-hydrogen) atoms. The van der Waals surface area contributed by atoms with Gasteiger partial charge in [-0.1, -0.05) is 54.6 Å². The average Bonchev–Trinajstić information content (AvgIpc) is 2.79. The molecule has 1 aromatic heterocycles. The molecule has 5 rings (SSSR count). The van der Waals surface area contributed by atoms with E-state index in [-0.39, 0.29) is 5.82 Å². The molecule has 144 valence electrons. The summed E-state index contributed by atoms with van der Waals surface area (Å²) in [6.45, 7) is 3.06. The van der Waals surface area contributed by atoms with E-state index in [0.29, 0.717) is 5.69 Å². The third-order valence-electron chi connectivity index (χ3n) is 5.39. The highest BCUT2D eigenvalue weighted by molar-refractivity contribution is 5.91. The first-order valence-corrected chi connectivity index (χ1v) is 9.86. The first-order valence-electron chi connectivity index (χ1n) is 9.86. The van der Waals surface area contributed by atoms with Crippen molar-refractivity contribution in [1.29, 1.82) is 0 Å².